The van der Waals surface area contributed by atoms with Gasteiger partial charge in [-0.2, -0.15) is 15.3 Å². The van der Waals surface area contributed by atoms with Crippen LogP contribution in [0.15, 0.2) is 41.5 Å². The van der Waals surface area contributed by atoms with Gasteiger partial charge in [0.2, 0.25) is 0 Å². The van der Waals surface area contributed by atoms with E-state index in [-0.39, 0.29) is 11.1 Å². The normalized spacial score (nSPS) is 11.9. The molecule has 0 aliphatic rings. The minimum atomic E-state index is -0.401. The zero-order valence-corrected chi connectivity index (χ0v) is 16.4. The Morgan fingerprint density at radius 1 is 1.30 bits per heavy atom. The number of amides is 1. The summed E-state index contributed by atoms with van der Waals surface area (Å²) in [6, 6.07) is 11.3. The van der Waals surface area contributed by atoms with Crippen LogP contribution in [0.5, 0.6) is 0 Å². The molecule has 3 aromatic rings. The van der Waals surface area contributed by atoms with Crippen LogP contribution in [0, 0.1) is 6.92 Å². The maximum Gasteiger partial charge on any atom is 0.291 e. The van der Waals surface area contributed by atoms with Crippen LogP contribution in [0.1, 0.15) is 48.2 Å². The van der Waals surface area contributed by atoms with E-state index in [1.807, 2.05) is 58.0 Å². The summed E-state index contributed by atoms with van der Waals surface area (Å²) in [6.07, 6.45) is 1.49. The highest BCUT2D eigenvalue weighted by Gasteiger charge is 2.19. The van der Waals surface area contributed by atoms with E-state index in [0.717, 1.165) is 11.4 Å². The summed E-state index contributed by atoms with van der Waals surface area (Å²) >= 11 is 6.43. The molecular formula is C19H21ClN6O. The number of hydrogen-bond acceptors (Lipinski definition) is 4. The van der Waals surface area contributed by atoms with Crippen LogP contribution >= 0.6 is 11.6 Å². The van der Waals surface area contributed by atoms with Crippen molar-refractivity contribution < 1.29 is 4.79 Å². The Hall–Kier alpha value is -2.93. The lowest BCUT2D eigenvalue weighted by Gasteiger charge is -2.14. The third-order valence-electron chi connectivity index (χ3n) is 4.03. The van der Waals surface area contributed by atoms with E-state index < -0.39 is 5.91 Å². The van der Waals surface area contributed by atoms with E-state index in [0.29, 0.717) is 16.4 Å². The van der Waals surface area contributed by atoms with Crippen molar-refractivity contribution in [3.63, 3.8) is 0 Å². The molecule has 1 aromatic carbocycles. The number of aromatic amines is 1. The number of rotatable bonds is 4. The topological polar surface area (TPSA) is 88.0 Å². The molecule has 8 heteroatoms. The molecule has 0 atom stereocenters. The zero-order chi connectivity index (χ0) is 19.6. The smallest absolute Gasteiger partial charge is 0.281 e. The third kappa shape index (κ3) is 4.09. The van der Waals surface area contributed by atoms with Crippen LogP contribution in [0.25, 0.3) is 5.69 Å². The van der Waals surface area contributed by atoms with E-state index in [1.54, 1.807) is 10.7 Å². The Bertz CT molecular complexity index is 982. The fourth-order valence-corrected chi connectivity index (χ4v) is 2.75. The third-order valence-corrected chi connectivity index (χ3v) is 4.39. The molecular weight excluding hydrogens is 364 g/mol. The van der Waals surface area contributed by atoms with Crippen molar-refractivity contribution >= 4 is 23.7 Å². The standard InChI is InChI=1S/C19H21ClN6O/c1-12-14(17(20)26(25-12)13-8-6-5-7-9-13)11-21-24-18(27)15-10-16(23-22-15)19(2,3)4/h5-11H,1-4H3,(H,22,23)(H,24,27). The molecule has 7 nitrogen and oxygen atoms in total. The van der Waals surface area contributed by atoms with Crippen LogP contribution in [-0.4, -0.2) is 32.1 Å². The van der Waals surface area contributed by atoms with Crippen LogP contribution in [-0.2, 0) is 5.41 Å². The van der Waals surface area contributed by atoms with Gasteiger partial charge in [-0.15, -0.1) is 0 Å². The van der Waals surface area contributed by atoms with Crippen LogP contribution in [0.4, 0.5) is 0 Å². The average Bonchev–Trinajstić information content (AvgIpc) is 3.23. The van der Waals surface area contributed by atoms with Crippen molar-refractivity contribution in [3.05, 3.63) is 64.2 Å². The molecule has 0 unspecified atom stereocenters. The van der Waals surface area contributed by atoms with E-state index in [2.05, 4.69) is 25.8 Å². The summed E-state index contributed by atoms with van der Waals surface area (Å²) in [4.78, 5) is 12.2. The van der Waals surface area contributed by atoms with Gasteiger partial charge in [-0.25, -0.2) is 10.1 Å². The number of benzene rings is 1. The number of carbonyl (C=O) groups excluding carboxylic acids is 1. The predicted octanol–water partition coefficient (Wildman–Crippen LogP) is 3.62. The molecule has 2 N–H and O–H groups in total. The van der Waals surface area contributed by atoms with Crippen LogP contribution < -0.4 is 5.43 Å². The molecule has 0 saturated carbocycles. The number of hydrazone groups is 1. The van der Waals surface area contributed by atoms with Gasteiger partial charge in [0.1, 0.15) is 5.15 Å². The van der Waals surface area contributed by atoms with Gasteiger partial charge in [-0.1, -0.05) is 50.6 Å². The molecule has 0 bridgehead atoms. The summed E-state index contributed by atoms with van der Waals surface area (Å²) in [5.41, 5.74) is 5.69. The molecule has 0 aliphatic carbocycles. The lowest BCUT2D eigenvalue weighted by Crippen LogP contribution is -2.18. The first-order valence-corrected chi connectivity index (χ1v) is 8.85. The lowest BCUT2D eigenvalue weighted by molar-refractivity contribution is 0.0950. The Labute approximate surface area is 162 Å². The first-order chi connectivity index (χ1) is 12.8. The van der Waals surface area contributed by atoms with Crippen LogP contribution in [0.2, 0.25) is 5.15 Å². The molecule has 0 spiro atoms. The Kier molecular flexibility index (Phi) is 5.14. The van der Waals surface area contributed by atoms with E-state index in [4.69, 9.17) is 11.6 Å². The summed E-state index contributed by atoms with van der Waals surface area (Å²) in [6.45, 7) is 7.94. The van der Waals surface area contributed by atoms with Crippen molar-refractivity contribution in [2.45, 2.75) is 33.1 Å². The number of H-pyrrole nitrogens is 1. The average molecular weight is 385 g/mol. The molecule has 0 aliphatic heterocycles. The second-order valence-electron chi connectivity index (χ2n) is 7.15. The van der Waals surface area contributed by atoms with Crippen molar-refractivity contribution in [1.29, 1.82) is 0 Å². The number of carbonyl (C=O) groups is 1. The number of halogens is 1. The minimum absolute atomic E-state index is 0.120. The second-order valence-corrected chi connectivity index (χ2v) is 7.51. The van der Waals surface area contributed by atoms with Gasteiger partial charge in [0.15, 0.2) is 5.69 Å². The number of nitrogens with one attached hydrogen (secondary N) is 2. The van der Waals surface area contributed by atoms with Crippen molar-refractivity contribution in [2.24, 2.45) is 5.10 Å². The maximum absolute atomic E-state index is 12.2. The summed E-state index contributed by atoms with van der Waals surface area (Å²) in [5, 5.41) is 15.8. The van der Waals surface area contributed by atoms with Crippen molar-refractivity contribution in [2.75, 3.05) is 0 Å². The Morgan fingerprint density at radius 3 is 2.63 bits per heavy atom. The van der Waals surface area contributed by atoms with E-state index in [9.17, 15) is 4.79 Å². The lowest BCUT2D eigenvalue weighted by atomic mass is 9.92. The highest BCUT2D eigenvalue weighted by Crippen LogP contribution is 2.22. The Balaban J connectivity index is 1.74. The number of aryl methyl sites for hydroxylation is 1. The summed E-state index contributed by atoms with van der Waals surface area (Å²) in [5.74, 6) is -0.401. The Morgan fingerprint density at radius 2 is 2.00 bits per heavy atom. The SMILES string of the molecule is Cc1nn(-c2ccccc2)c(Cl)c1C=NNC(=O)c1cc(C(C)(C)C)[nH]n1. The van der Waals surface area contributed by atoms with Crippen LogP contribution in [0.3, 0.4) is 0 Å². The molecule has 3 rings (SSSR count). The van der Waals surface area contributed by atoms with Gasteiger partial charge < -0.3 is 0 Å². The first-order valence-electron chi connectivity index (χ1n) is 8.47. The van der Waals surface area contributed by atoms with Gasteiger partial charge in [0, 0.05) is 11.1 Å². The highest BCUT2D eigenvalue weighted by atomic mass is 35.5. The van der Waals surface area contributed by atoms with Gasteiger partial charge >= 0.3 is 0 Å². The molecule has 27 heavy (non-hydrogen) atoms. The zero-order valence-electron chi connectivity index (χ0n) is 15.6. The predicted molar refractivity (Wildman–Crippen MR) is 106 cm³/mol. The fraction of sp³-hybridized carbons (Fsp3) is 0.263. The van der Waals surface area contributed by atoms with Gasteiger partial charge in [0.05, 0.1) is 23.2 Å². The molecule has 0 radical (unpaired) electrons. The van der Waals surface area contributed by atoms with Gasteiger partial charge in [-0.3, -0.25) is 9.89 Å². The monoisotopic (exact) mass is 384 g/mol. The molecule has 2 heterocycles. The number of para-hydroxylation sites is 1. The summed E-state index contributed by atoms with van der Waals surface area (Å²) < 4.78 is 1.63. The minimum Gasteiger partial charge on any atom is -0.281 e. The molecule has 1 amide bonds. The fourth-order valence-electron chi connectivity index (χ4n) is 2.43. The van der Waals surface area contributed by atoms with E-state index >= 15 is 0 Å². The second kappa shape index (κ2) is 7.36. The van der Waals surface area contributed by atoms with Crippen molar-refractivity contribution in [3.8, 4) is 5.69 Å². The van der Waals surface area contributed by atoms with Gasteiger partial charge in [0.25, 0.3) is 5.91 Å². The molecule has 2 aromatic heterocycles. The maximum atomic E-state index is 12.2. The largest absolute Gasteiger partial charge is 0.291 e. The molecule has 0 saturated heterocycles. The molecule has 0 fully saturated rings. The van der Waals surface area contributed by atoms with Gasteiger partial charge in [-0.05, 0) is 25.1 Å². The highest BCUT2D eigenvalue weighted by molar-refractivity contribution is 6.32. The number of hydrogen-bond donors (Lipinski definition) is 2. The summed E-state index contributed by atoms with van der Waals surface area (Å²) in [7, 11) is 0. The quantitative estimate of drug-likeness (QED) is 0.532. The number of nitrogens with zero attached hydrogens (tertiary/aromatic N) is 4. The van der Waals surface area contributed by atoms with Crippen molar-refractivity contribution in [1.82, 2.24) is 25.4 Å². The number of aromatic nitrogens is 4. The first kappa shape index (κ1) is 18.8. The van der Waals surface area contributed by atoms with E-state index in [1.165, 1.54) is 6.21 Å². The molecule has 140 valence electrons.